The highest BCUT2D eigenvalue weighted by molar-refractivity contribution is 7.89. The highest BCUT2D eigenvalue weighted by Crippen LogP contribution is 2.11. The third-order valence-corrected chi connectivity index (χ3v) is 4.46. The third-order valence-electron chi connectivity index (χ3n) is 3.04. The van der Waals surface area contributed by atoms with Crippen LogP contribution in [0.25, 0.3) is 0 Å². The summed E-state index contributed by atoms with van der Waals surface area (Å²) in [6.45, 7) is 3.73. The molecule has 0 amide bonds. The molecule has 2 N–H and O–H groups in total. The van der Waals surface area contributed by atoms with Crippen molar-refractivity contribution in [1.29, 1.82) is 0 Å². The van der Waals surface area contributed by atoms with Crippen molar-refractivity contribution < 1.29 is 8.42 Å². The van der Waals surface area contributed by atoms with E-state index in [1.807, 2.05) is 6.92 Å². The molecule has 1 aromatic heterocycles. The quantitative estimate of drug-likeness (QED) is 0.773. The molecule has 0 saturated heterocycles. The van der Waals surface area contributed by atoms with E-state index in [4.69, 9.17) is 0 Å². The highest BCUT2D eigenvalue weighted by atomic mass is 32.2. The molecule has 0 radical (unpaired) electrons. The van der Waals surface area contributed by atoms with Gasteiger partial charge in [-0.2, -0.15) is 0 Å². The number of sulfonamides is 1. The number of benzene rings is 1. The van der Waals surface area contributed by atoms with Gasteiger partial charge in [0.1, 0.15) is 12.2 Å². The maximum atomic E-state index is 12.2. The van der Waals surface area contributed by atoms with E-state index >= 15 is 0 Å². The lowest BCUT2D eigenvalue weighted by atomic mass is 10.2. The van der Waals surface area contributed by atoms with E-state index in [-0.39, 0.29) is 11.4 Å². The fourth-order valence-electron chi connectivity index (χ4n) is 1.77. The van der Waals surface area contributed by atoms with Gasteiger partial charge in [0, 0.05) is 13.6 Å². The Morgan fingerprint density at radius 2 is 1.90 bits per heavy atom. The molecule has 2 aromatic rings. The Morgan fingerprint density at radius 3 is 2.48 bits per heavy atom. The van der Waals surface area contributed by atoms with E-state index in [1.54, 1.807) is 35.9 Å². The largest absolute Gasteiger partial charge is 0.320 e. The lowest BCUT2D eigenvalue weighted by molar-refractivity contribution is 0.577. The van der Waals surface area contributed by atoms with Gasteiger partial charge < -0.3 is 9.88 Å². The maximum absolute atomic E-state index is 12.2. The van der Waals surface area contributed by atoms with Crippen molar-refractivity contribution in [3.05, 3.63) is 42.0 Å². The summed E-state index contributed by atoms with van der Waals surface area (Å²) in [6, 6.07) is 6.82. The summed E-state index contributed by atoms with van der Waals surface area (Å²) < 4.78 is 28.5. The molecule has 2 rings (SSSR count). The van der Waals surface area contributed by atoms with Gasteiger partial charge in [0.2, 0.25) is 10.0 Å². The van der Waals surface area contributed by atoms with Crippen LogP contribution in [0, 0.1) is 0 Å². The van der Waals surface area contributed by atoms with Crippen molar-refractivity contribution >= 4 is 10.0 Å². The Hall–Kier alpha value is -1.77. The van der Waals surface area contributed by atoms with Crippen LogP contribution in [0.4, 0.5) is 0 Å². The van der Waals surface area contributed by atoms with Gasteiger partial charge in [-0.15, -0.1) is 10.2 Å². The van der Waals surface area contributed by atoms with Gasteiger partial charge in [-0.1, -0.05) is 19.1 Å². The van der Waals surface area contributed by atoms with Gasteiger partial charge in [-0.3, -0.25) is 0 Å². The molecule has 7 nitrogen and oxygen atoms in total. The molecule has 0 aliphatic rings. The number of aryl methyl sites for hydroxylation is 1. The molecule has 8 heteroatoms. The van der Waals surface area contributed by atoms with Gasteiger partial charge >= 0.3 is 0 Å². The zero-order chi connectivity index (χ0) is 15.3. The Balaban J connectivity index is 2.03. The predicted octanol–water partition coefficient (Wildman–Crippen LogP) is 0.403. The second kappa shape index (κ2) is 6.79. The fourth-order valence-corrected chi connectivity index (χ4v) is 2.75. The minimum absolute atomic E-state index is 0.109. The number of aromatic nitrogens is 3. The van der Waals surface area contributed by atoms with Gasteiger partial charge in [0.25, 0.3) is 0 Å². The molecule has 0 aliphatic carbocycles. The molecule has 1 heterocycles. The molecule has 0 aliphatic heterocycles. The van der Waals surface area contributed by atoms with E-state index in [2.05, 4.69) is 20.2 Å². The van der Waals surface area contributed by atoms with Crippen molar-refractivity contribution in [1.82, 2.24) is 24.8 Å². The Morgan fingerprint density at radius 1 is 1.19 bits per heavy atom. The average molecular weight is 309 g/mol. The van der Waals surface area contributed by atoms with Crippen LogP contribution in [0.15, 0.2) is 35.5 Å². The molecule has 0 unspecified atom stereocenters. The molecule has 0 bridgehead atoms. The molecule has 0 atom stereocenters. The van der Waals surface area contributed by atoms with Crippen molar-refractivity contribution in [3.63, 3.8) is 0 Å². The molecule has 0 saturated carbocycles. The molecular weight excluding hydrogens is 290 g/mol. The van der Waals surface area contributed by atoms with Crippen LogP contribution < -0.4 is 10.0 Å². The summed E-state index contributed by atoms with van der Waals surface area (Å²) in [6.07, 6.45) is 1.53. The van der Waals surface area contributed by atoms with Crippen LogP contribution in [0.3, 0.4) is 0 Å². The van der Waals surface area contributed by atoms with Gasteiger partial charge in [0.15, 0.2) is 0 Å². The first-order valence-corrected chi connectivity index (χ1v) is 8.13. The average Bonchev–Trinajstić information content (AvgIpc) is 2.89. The molecular formula is C13H19N5O2S. The Labute approximate surface area is 124 Å². The molecule has 21 heavy (non-hydrogen) atoms. The molecule has 114 valence electrons. The molecule has 0 fully saturated rings. The number of rotatable bonds is 7. The second-order valence-corrected chi connectivity index (χ2v) is 6.37. The van der Waals surface area contributed by atoms with Crippen LogP contribution in [0.5, 0.6) is 0 Å². The van der Waals surface area contributed by atoms with E-state index in [0.717, 1.165) is 18.7 Å². The zero-order valence-corrected chi connectivity index (χ0v) is 12.9. The van der Waals surface area contributed by atoms with E-state index < -0.39 is 10.0 Å². The first-order valence-electron chi connectivity index (χ1n) is 6.65. The Bertz CT molecular complexity index is 679. The van der Waals surface area contributed by atoms with E-state index in [0.29, 0.717) is 5.82 Å². The first-order chi connectivity index (χ1) is 10.0. The second-order valence-electron chi connectivity index (χ2n) is 4.61. The van der Waals surface area contributed by atoms with Crippen molar-refractivity contribution in [2.24, 2.45) is 7.05 Å². The van der Waals surface area contributed by atoms with Crippen molar-refractivity contribution in [3.8, 4) is 0 Å². The normalized spacial score (nSPS) is 11.7. The van der Waals surface area contributed by atoms with Gasteiger partial charge in [0.05, 0.1) is 11.4 Å². The van der Waals surface area contributed by atoms with Crippen LogP contribution >= 0.6 is 0 Å². The lowest BCUT2D eigenvalue weighted by Crippen LogP contribution is -2.24. The standard InChI is InChI=1S/C13H19N5O2S/c1-3-14-8-11-4-6-12(7-5-11)21(19,20)16-9-13-17-15-10-18(13)2/h4-7,10,14,16H,3,8-9H2,1-2H3. The molecule has 1 aromatic carbocycles. The number of nitrogens with one attached hydrogen (secondary N) is 2. The SMILES string of the molecule is CCNCc1ccc(S(=O)(=O)NCc2nncn2C)cc1. The smallest absolute Gasteiger partial charge is 0.240 e. The van der Waals surface area contributed by atoms with Crippen molar-refractivity contribution in [2.45, 2.75) is 24.9 Å². The number of nitrogens with zero attached hydrogens (tertiary/aromatic N) is 3. The highest BCUT2D eigenvalue weighted by Gasteiger charge is 2.14. The van der Waals surface area contributed by atoms with Crippen LogP contribution in [0.1, 0.15) is 18.3 Å². The number of hydrogen-bond acceptors (Lipinski definition) is 5. The summed E-state index contributed by atoms with van der Waals surface area (Å²) in [4.78, 5) is 0.241. The van der Waals surface area contributed by atoms with Gasteiger partial charge in [-0.25, -0.2) is 13.1 Å². The van der Waals surface area contributed by atoms with Crippen LogP contribution in [-0.2, 0) is 30.2 Å². The summed E-state index contributed by atoms with van der Waals surface area (Å²) in [5, 5.41) is 10.7. The monoisotopic (exact) mass is 309 g/mol. The van der Waals surface area contributed by atoms with Crippen LogP contribution in [0.2, 0.25) is 0 Å². The summed E-state index contributed by atoms with van der Waals surface area (Å²) in [7, 11) is -1.78. The zero-order valence-electron chi connectivity index (χ0n) is 12.1. The predicted molar refractivity (Wildman–Crippen MR) is 78.9 cm³/mol. The van der Waals surface area contributed by atoms with Crippen LogP contribution in [-0.4, -0.2) is 29.7 Å². The topological polar surface area (TPSA) is 88.9 Å². The minimum atomic E-state index is -3.54. The molecule has 0 spiro atoms. The maximum Gasteiger partial charge on any atom is 0.240 e. The third kappa shape index (κ3) is 4.10. The van der Waals surface area contributed by atoms with E-state index in [1.165, 1.54) is 6.33 Å². The number of hydrogen-bond donors (Lipinski definition) is 2. The lowest BCUT2D eigenvalue weighted by Gasteiger charge is -2.07. The summed E-state index contributed by atoms with van der Waals surface area (Å²) in [5.74, 6) is 0.558. The first kappa shape index (κ1) is 15.6. The van der Waals surface area contributed by atoms with E-state index in [9.17, 15) is 8.42 Å². The summed E-state index contributed by atoms with van der Waals surface area (Å²) in [5.41, 5.74) is 1.05. The summed E-state index contributed by atoms with van der Waals surface area (Å²) >= 11 is 0. The Kier molecular flexibility index (Phi) is 5.05. The fraction of sp³-hybridized carbons (Fsp3) is 0.385. The minimum Gasteiger partial charge on any atom is -0.320 e. The van der Waals surface area contributed by atoms with Gasteiger partial charge in [-0.05, 0) is 24.2 Å². The van der Waals surface area contributed by atoms with Crippen molar-refractivity contribution in [2.75, 3.05) is 6.54 Å².